The molecule has 8 heteroatoms. The van der Waals surface area contributed by atoms with Gasteiger partial charge in [-0.2, -0.15) is 0 Å². The predicted octanol–water partition coefficient (Wildman–Crippen LogP) is 4.51. The molecule has 1 heterocycles. The normalized spacial score (nSPS) is 14.5. The molecule has 0 saturated carbocycles. The number of halogens is 2. The van der Waals surface area contributed by atoms with Crippen LogP contribution < -0.4 is 10.2 Å². The van der Waals surface area contributed by atoms with Crippen molar-refractivity contribution in [3.63, 3.8) is 0 Å². The number of anilines is 2. The Hall–Kier alpha value is -3.03. The van der Waals surface area contributed by atoms with Crippen LogP contribution in [-0.2, 0) is 0 Å². The van der Waals surface area contributed by atoms with E-state index in [-0.39, 0.29) is 16.9 Å². The third-order valence-electron chi connectivity index (χ3n) is 4.50. The molecule has 0 radical (unpaired) electrons. The number of nitrogens with one attached hydrogen (secondary N) is 1. The van der Waals surface area contributed by atoms with Crippen molar-refractivity contribution >= 4 is 23.0 Å². The number of hydrogen-bond acceptors (Lipinski definition) is 4. The molecule has 1 saturated heterocycles. The maximum Gasteiger partial charge on any atom is 0.293 e. The highest BCUT2D eigenvalue weighted by molar-refractivity contribution is 6.05. The van der Waals surface area contributed by atoms with E-state index >= 15 is 0 Å². The summed E-state index contributed by atoms with van der Waals surface area (Å²) in [6.45, 7) is 1.46. The molecule has 3 rings (SSSR count). The van der Waals surface area contributed by atoms with Crippen molar-refractivity contribution in [1.29, 1.82) is 0 Å². The summed E-state index contributed by atoms with van der Waals surface area (Å²) in [6.07, 6.45) is 4.11. The van der Waals surface area contributed by atoms with Gasteiger partial charge in [0.05, 0.1) is 4.92 Å². The number of hydrogen-bond donors (Lipinski definition) is 1. The number of benzene rings is 2. The van der Waals surface area contributed by atoms with Gasteiger partial charge in [-0.15, -0.1) is 0 Å². The molecule has 0 spiro atoms. The van der Waals surface area contributed by atoms with E-state index in [1.807, 2.05) is 4.90 Å². The zero-order valence-electron chi connectivity index (χ0n) is 14.6. The van der Waals surface area contributed by atoms with Crippen LogP contribution in [0.3, 0.4) is 0 Å². The quantitative estimate of drug-likeness (QED) is 0.630. The van der Waals surface area contributed by atoms with Crippen LogP contribution in [0, 0.1) is 21.7 Å². The Morgan fingerprint density at radius 1 is 1.00 bits per heavy atom. The van der Waals surface area contributed by atoms with Gasteiger partial charge in [-0.3, -0.25) is 14.9 Å². The average Bonchev–Trinajstić information content (AvgIpc) is 2.89. The van der Waals surface area contributed by atoms with Crippen molar-refractivity contribution in [3.05, 3.63) is 63.7 Å². The number of nitro benzene ring substituents is 1. The van der Waals surface area contributed by atoms with E-state index in [0.717, 1.165) is 50.9 Å². The van der Waals surface area contributed by atoms with Gasteiger partial charge < -0.3 is 10.2 Å². The van der Waals surface area contributed by atoms with E-state index in [1.54, 1.807) is 6.07 Å². The number of carbonyl (C=O) groups excluding carboxylic acids is 1. The highest BCUT2D eigenvalue weighted by Crippen LogP contribution is 2.31. The van der Waals surface area contributed by atoms with Crippen molar-refractivity contribution in [2.45, 2.75) is 25.7 Å². The topological polar surface area (TPSA) is 75.5 Å². The number of amides is 1. The zero-order chi connectivity index (χ0) is 19.4. The third-order valence-corrected chi connectivity index (χ3v) is 4.50. The van der Waals surface area contributed by atoms with Crippen molar-refractivity contribution < 1.29 is 18.5 Å². The number of carbonyl (C=O) groups is 1. The van der Waals surface area contributed by atoms with Crippen molar-refractivity contribution in [1.82, 2.24) is 0 Å². The van der Waals surface area contributed by atoms with Gasteiger partial charge in [0, 0.05) is 36.5 Å². The molecule has 1 aliphatic rings. The molecule has 0 unspecified atom stereocenters. The summed E-state index contributed by atoms with van der Waals surface area (Å²) < 4.78 is 26.5. The molecule has 0 aliphatic carbocycles. The van der Waals surface area contributed by atoms with Gasteiger partial charge >= 0.3 is 0 Å². The van der Waals surface area contributed by atoms with Gasteiger partial charge in [0.25, 0.3) is 11.6 Å². The SMILES string of the molecule is O=C(Nc1cc(F)cc(F)c1)c1ccc(N2CCCCCC2)c([N+](=O)[O-])c1. The summed E-state index contributed by atoms with van der Waals surface area (Å²) in [7, 11) is 0. The van der Waals surface area contributed by atoms with Crippen LogP contribution in [-0.4, -0.2) is 23.9 Å². The minimum Gasteiger partial charge on any atom is -0.366 e. The predicted molar refractivity (Wildman–Crippen MR) is 98.1 cm³/mol. The monoisotopic (exact) mass is 375 g/mol. The first-order chi connectivity index (χ1) is 12.9. The van der Waals surface area contributed by atoms with Gasteiger partial charge in [0.15, 0.2) is 0 Å². The fourth-order valence-electron chi connectivity index (χ4n) is 3.22. The summed E-state index contributed by atoms with van der Waals surface area (Å²) in [5.41, 5.74) is 0.312. The minimum atomic E-state index is -0.826. The smallest absolute Gasteiger partial charge is 0.293 e. The minimum absolute atomic E-state index is 0.0462. The van der Waals surface area contributed by atoms with Crippen LogP contribution >= 0.6 is 0 Å². The molecule has 0 aromatic heterocycles. The molecular weight excluding hydrogens is 356 g/mol. The molecule has 27 heavy (non-hydrogen) atoms. The molecule has 2 aromatic carbocycles. The molecule has 142 valence electrons. The van der Waals surface area contributed by atoms with E-state index in [0.29, 0.717) is 11.8 Å². The second-order valence-electron chi connectivity index (χ2n) is 6.47. The van der Waals surface area contributed by atoms with E-state index in [9.17, 15) is 23.7 Å². The Morgan fingerprint density at radius 2 is 1.63 bits per heavy atom. The fraction of sp³-hybridized carbons (Fsp3) is 0.316. The second kappa shape index (κ2) is 8.11. The maximum atomic E-state index is 13.3. The van der Waals surface area contributed by atoms with Gasteiger partial charge in [-0.05, 0) is 37.1 Å². The maximum absolute atomic E-state index is 13.3. The fourth-order valence-corrected chi connectivity index (χ4v) is 3.22. The first-order valence-corrected chi connectivity index (χ1v) is 8.75. The third kappa shape index (κ3) is 4.58. The number of rotatable bonds is 4. The molecule has 1 fully saturated rings. The van der Waals surface area contributed by atoms with Gasteiger partial charge in [0.1, 0.15) is 17.3 Å². The molecule has 1 aliphatic heterocycles. The molecule has 1 N–H and O–H groups in total. The van der Waals surface area contributed by atoms with Crippen molar-refractivity contribution in [3.8, 4) is 0 Å². The van der Waals surface area contributed by atoms with Crippen LogP contribution in [0.2, 0.25) is 0 Å². The molecule has 0 bridgehead atoms. The standard InChI is InChI=1S/C19H19F2N3O3/c20-14-10-15(21)12-16(11-14)22-19(25)13-5-6-17(18(9-13)24(26)27)23-7-3-1-2-4-8-23/h5-6,9-12H,1-4,7-8H2,(H,22,25). The summed E-state index contributed by atoms with van der Waals surface area (Å²) in [5, 5.41) is 13.9. The molecule has 0 atom stereocenters. The lowest BCUT2D eigenvalue weighted by molar-refractivity contribution is -0.384. The van der Waals surface area contributed by atoms with Crippen molar-refractivity contribution in [2.75, 3.05) is 23.3 Å². The van der Waals surface area contributed by atoms with E-state index in [2.05, 4.69) is 5.32 Å². The Bertz CT molecular complexity index is 845. The van der Waals surface area contributed by atoms with E-state index in [1.165, 1.54) is 12.1 Å². The van der Waals surface area contributed by atoms with Crippen molar-refractivity contribution in [2.24, 2.45) is 0 Å². The highest BCUT2D eigenvalue weighted by Gasteiger charge is 2.22. The van der Waals surface area contributed by atoms with Gasteiger partial charge in [-0.1, -0.05) is 12.8 Å². The van der Waals surface area contributed by atoms with Crippen LogP contribution in [0.25, 0.3) is 0 Å². The Labute approximate surface area is 154 Å². The van der Waals surface area contributed by atoms with Gasteiger partial charge in [0.2, 0.25) is 0 Å². The van der Waals surface area contributed by atoms with Gasteiger partial charge in [-0.25, -0.2) is 8.78 Å². The number of nitro groups is 1. The first kappa shape index (κ1) is 18.8. The number of nitrogens with zero attached hydrogens (tertiary/aromatic N) is 2. The van der Waals surface area contributed by atoms with Crippen LogP contribution in [0.1, 0.15) is 36.0 Å². The molecule has 6 nitrogen and oxygen atoms in total. The van der Waals surface area contributed by atoms with Crippen LogP contribution in [0.5, 0.6) is 0 Å². The molecule has 1 amide bonds. The Morgan fingerprint density at radius 3 is 2.22 bits per heavy atom. The second-order valence-corrected chi connectivity index (χ2v) is 6.47. The summed E-state index contributed by atoms with van der Waals surface area (Å²) in [5.74, 6) is -2.33. The molecule has 2 aromatic rings. The van der Waals surface area contributed by atoms with E-state index in [4.69, 9.17) is 0 Å². The highest BCUT2D eigenvalue weighted by atomic mass is 19.1. The lowest BCUT2D eigenvalue weighted by Gasteiger charge is -2.22. The summed E-state index contributed by atoms with van der Waals surface area (Å²) in [4.78, 5) is 25.3. The lowest BCUT2D eigenvalue weighted by atomic mass is 10.1. The average molecular weight is 375 g/mol. The van der Waals surface area contributed by atoms with Crippen LogP contribution in [0.15, 0.2) is 36.4 Å². The largest absolute Gasteiger partial charge is 0.366 e. The van der Waals surface area contributed by atoms with E-state index < -0.39 is 22.5 Å². The first-order valence-electron chi connectivity index (χ1n) is 8.75. The Kier molecular flexibility index (Phi) is 5.63. The van der Waals surface area contributed by atoms with Crippen LogP contribution in [0.4, 0.5) is 25.8 Å². The Balaban J connectivity index is 1.86. The summed E-state index contributed by atoms with van der Waals surface area (Å²) >= 11 is 0. The molecular formula is C19H19F2N3O3. The zero-order valence-corrected chi connectivity index (χ0v) is 14.6. The lowest BCUT2D eigenvalue weighted by Crippen LogP contribution is -2.25. The summed E-state index contributed by atoms with van der Waals surface area (Å²) in [6, 6.07) is 6.88.